The van der Waals surface area contributed by atoms with Gasteiger partial charge in [-0.15, -0.1) is 0 Å². The number of benzene rings is 17. The Morgan fingerprint density at radius 1 is 0.298 bits per heavy atom. The molecule has 0 atom stereocenters. The van der Waals surface area contributed by atoms with Gasteiger partial charge in [0.2, 0.25) is 0 Å². The van der Waals surface area contributed by atoms with Gasteiger partial charge in [0.1, 0.15) is 17.5 Å². The summed E-state index contributed by atoms with van der Waals surface area (Å²) in [6, 6.07) is 137. The van der Waals surface area contributed by atoms with Crippen molar-refractivity contribution < 1.29 is 84.6 Å². The van der Waals surface area contributed by atoms with Crippen molar-refractivity contribution in [3.05, 3.63) is 448 Å². The largest absolute Gasteiger partial charge is 1.00 e. The van der Waals surface area contributed by atoms with Gasteiger partial charge in [0.05, 0.1) is 130 Å². The van der Waals surface area contributed by atoms with Gasteiger partial charge in [-0.2, -0.15) is 21.0 Å². The number of halogens is 5. The summed E-state index contributed by atoms with van der Waals surface area (Å²) in [5.74, 6) is -1.27. The van der Waals surface area contributed by atoms with Crippen LogP contribution in [-0.4, -0.2) is 54.9 Å². The van der Waals surface area contributed by atoms with Crippen molar-refractivity contribution in [1.82, 2.24) is 18.3 Å². The molecule has 0 saturated carbocycles. The summed E-state index contributed by atoms with van der Waals surface area (Å²) in [5, 5.41) is 46.3. The Kier molecular flexibility index (Phi) is 30.4. The van der Waals surface area contributed by atoms with E-state index in [0.717, 1.165) is 77.7 Å². The average molecular weight is 2010 g/mol. The fraction of sp³-hybridized carbons (Fsp3) is 0.124. The number of rotatable bonds is 7. The fourth-order valence-electron chi connectivity index (χ4n) is 18.6. The van der Waals surface area contributed by atoms with Crippen molar-refractivity contribution in [1.29, 1.82) is 21.0 Å². The van der Waals surface area contributed by atoms with Crippen molar-refractivity contribution in [2.75, 3.05) is 0 Å². The summed E-state index contributed by atoms with van der Waals surface area (Å²) >= 11 is 6.73. The zero-order valence-electron chi connectivity index (χ0n) is 79.9. The van der Waals surface area contributed by atoms with Crippen molar-refractivity contribution in [2.24, 2.45) is 0 Å². The second-order valence-electron chi connectivity index (χ2n) is 36.2. The molecule has 21 aromatic rings. The van der Waals surface area contributed by atoms with Crippen LogP contribution < -0.4 is 56.8 Å². The summed E-state index contributed by atoms with van der Waals surface area (Å²) in [6.45, 7) is 17.8. The molecule has 0 N–H and O–H groups in total. The Bertz CT molecular complexity index is 8190. The monoisotopic (exact) mass is 2000 g/mol. The van der Waals surface area contributed by atoms with Crippen LogP contribution in [0.15, 0.2) is 397 Å². The molecule has 0 bridgehead atoms. The van der Waals surface area contributed by atoms with E-state index in [-0.39, 0.29) is 84.1 Å². The minimum atomic E-state index is -0.641. The van der Waals surface area contributed by atoms with Crippen molar-refractivity contribution >= 4 is 139 Å². The molecular weight excluding hydrogens is 1910 g/mol. The molecule has 2 saturated heterocycles. The zero-order chi connectivity index (χ0) is 97.0. The number of fused-ring (bicyclic) bond motifs is 15. The van der Waals surface area contributed by atoms with Crippen LogP contribution in [0.2, 0.25) is 6.82 Å². The number of nitriles is 4. The third-order valence-corrected chi connectivity index (χ3v) is 27.4. The molecule has 0 amide bonds. The summed E-state index contributed by atoms with van der Waals surface area (Å²) in [7, 11) is -0.706. The predicted molar refractivity (Wildman–Crippen MR) is 575 cm³/mol. The van der Waals surface area contributed by atoms with Crippen LogP contribution in [0.5, 0.6) is 0 Å². The summed E-state index contributed by atoms with van der Waals surface area (Å²) in [4.78, 5) is 0. The molecule has 4 aromatic heterocycles. The first kappa shape index (κ1) is 100. The Balaban J connectivity index is 0.000000132. The van der Waals surface area contributed by atoms with Gasteiger partial charge >= 0.3 is 65.6 Å². The number of aromatic nitrogens is 4. The van der Waals surface area contributed by atoms with Gasteiger partial charge in [0.25, 0.3) is 0 Å². The molecule has 3 aliphatic rings. The molecule has 12 nitrogen and oxygen atoms in total. The topological polar surface area (TPSA) is 152 Å². The molecule has 6 heterocycles. The van der Waals surface area contributed by atoms with E-state index in [1.54, 1.807) is 18.2 Å². The van der Waals surface area contributed by atoms with Crippen LogP contribution in [0.1, 0.15) is 97.6 Å². The van der Waals surface area contributed by atoms with Crippen molar-refractivity contribution in [2.45, 2.75) is 98.5 Å². The normalized spacial score (nSPS) is 13.5. The SMILES string of the molecule is Brc1ccccc1-n1c2ccccc2c2ccccc21.C.CB1OC(C)(C)C(C)(C)O1.CC1(C)OB(c2cc(F)cc(C#N)c2)OC1(C)C.N#Cc1cc(-c2ccccc2-n2c3ccccc3c3ccccc32)cc(-n2c3ccccc3c3ccccc32)c1.N#Cc1cc(F)cc(-c2ccccc2-n2c3ccccc3c3ccccc32)c1.N#Cc1cc(F)cc(Br)c1.[H-].[K+].c1ccc2c(c1)Cc1ccccc1-2. The second kappa shape index (κ2) is 42.8. The van der Waals surface area contributed by atoms with E-state index < -0.39 is 35.8 Å². The van der Waals surface area contributed by atoms with Gasteiger partial charge in [-0.3, -0.25) is 0 Å². The number of para-hydroxylation sites is 11. The van der Waals surface area contributed by atoms with E-state index in [1.165, 1.54) is 118 Å². The molecule has 0 radical (unpaired) electrons. The molecule has 20 heteroatoms. The van der Waals surface area contributed by atoms with Gasteiger partial charge in [0.15, 0.2) is 0 Å². The van der Waals surface area contributed by atoms with Gasteiger partial charge in [-0.25, -0.2) is 13.2 Å². The van der Waals surface area contributed by atoms with Crippen LogP contribution in [0.25, 0.3) is 143 Å². The minimum Gasteiger partial charge on any atom is -1.00 e. The quantitative estimate of drug-likeness (QED) is 0.143. The molecular formula is C121H98B2Br2F3KN8O4. The number of hydrogen-bond acceptors (Lipinski definition) is 8. The van der Waals surface area contributed by atoms with Crippen LogP contribution in [0.4, 0.5) is 13.2 Å². The first-order valence-electron chi connectivity index (χ1n) is 45.8. The summed E-state index contributed by atoms with van der Waals surface area (Å²) in [6.07, 6.45) is 1.10. The molecule has 1 aliphatic carbocycles. The second-order valence-corrected chi connectivity index (χ2v) is 38.0. The molecule has 0 unspecified atom stereocenters. The standard InChI is InChI=1S/C37H23N3.C25H15FN2.C18H12BrN.C13H15BFNO2.C13H10.C7H15BO2.C7H3BrFN.CH4.K.H/c38-24-25-21-26(23-27(22-25)39-34-17-7-2-12-29(34)30-13-3-8-18-35(30)39)28-11-1-6-16-33(28)40-36-19-9-4-14-31(36)32-15-5-10-20-37(32)40;26-19-14-17(16-27)13-18(15-19)20-7-1-4-10-23(20)28-24-11-5-2-8-21(24)22-9-3-6-12-25(22)28;19-15-9-3-6-12-18(15)20-16-10-4-1-7-13(16)14-8-2-5-11-17(14)20;1-12(2)13(3,4)18-14(17-12)10-5-9(8-16)6-11(15)7-10;1-3-7-12-10(5-1)9-11-6-2-4-8-13(11)12;1-6(2)7(3,4)10-8(5)9-6;8-6-1-5(4-10)2-7(9)3-6;;;/h1-23H;1-15H;1-12H;5-7H,1-4H3;1-8H,9H2;1-5H3;1-3H;1H4;;/q;;;;;;;;+1;-1. The van der Waals surface area contributed by atoms with Crippen LogP contribution >= 0.6 is 31.9 Å². The molecule has 2 aliphatic heterocycles. The van der Waals surface area contributed by atoms with E-state index in [2.05, 4.69) is 351 Å². The molecule has 0 spiro atoms. The summed E-state index contributed by atoms with van der Waals surface area (Å²) < 4.78 is 73.5. The Labute approximate surface area is 881 Å². The molecule has 688 valence electrons. The first-order chi connectivity index (χ1) is 67.2. The summed E-state index contributed by atoms with van der Waals surface area (Å²) in [5.41, 5.74) is 23.6. The van der Waals surface area contributed by atoms with Gasteiger partial charge in [-0.1, -0.05) is 266 Å². The van der Waals surface area contributed by atoms with Crippen LogP contribution in [0.3, 0.4) is 0 Å². The van der Waals surface area contributed by atoms with Crippen LogP contribution in [-0.2, 0) is 25.0 Å². The van der Waals surface area contributed by atoms with Crippen molar-refractivity contribution in [3.63, 3.8) is 0 Å². The maximum atomic E-state index is 14.1. The zero-order valence-corrected chi connectivity index (χ0v) is 85.2. The van der Waals surface area contributed by atoms with Crippen molar-refractivity contribution in [3.8, 4) is 80.4 Å². The Hall–Kier alpha value is -13.7. The molecule has 24 rings (SSSR count). The maximum Gasteiger partial charge on any atom is 1.00 e. The first-order valence-corrected chi connectivity index (χ1v) is 47.4. The van der Waals surface area contributed by atoms with E-state index in [0.29, 0.717) is 32.2 Å². The van der Waals surface area contributed by atoms with E-state index in [1.807, 2.05) is 119 Å². The average Bonchev–Trinajstić information content (AvgIpc) is 1.59. The van der Waals surface area contributed by atoms with Gasteiger partial charge in [0, 0.05) is 68.8 Å². The van der Waals surface area contributed by atoms with Gasteiger partial charge < -0.3 is 38.3 Å². The van der Waals surface area contributed by atoms with Gasteiger partial charge in [-0.05, 0) is 269 Å². The van der Waals surface area contributed by atoms with Crippen LogP contribution in [0, 0.1) is 62.8 Å². The molecule has 2 fully saturated rings. The molecule has 17 aromatic carbocycles. The predicted octanol–water partition coefficient (Wildman–Crippen LogP) is 28.6. The van der Waals surface area contributed by atoms with E-state index in [4.69, 9.17) is 29.1 Å². The Morgan fingerprint density at radius 2 is 0.574 bits per heavy atom. The smallest absolute Gasteiger partial charge is 1.00 e. The number of hydrogen-bond donors (Lipinski definition) is 0. The minimum absolute atomic E-state index is 0. The number of nitrogens with zero attached hydrogens (tertiary/aromatic N) is 8. The Morgan fingerprint density at radius 3 is 0.929 bits per heavy atom. The molecule has 141 heavy (non-hydrogen) atoms. The van der Waals surface area contributed by atoms with E-state index in [9.17, 15) is 23.7 Å². The maximum absolute atomic E-state index is 14.1. The van der Waals surface area contributed by atoms with E-state index >= 15 is 0 Å². The third-order valence-electron chi connectivity index (χ3n) is 26.3. The third kappa shape index (κ3) is 20.6. The fourth-order valence-corrected chi connectivity index (χ4v) is 19.5.